The maximum atomic E-state index is 11.8. The van der Waals surface area contributed by atoms with Crippen LogP contribution in [-0.4, -0.2) is 49.5 Å². The number of nitrogens with two attached hydrogens (primary N) is 1. The smallest absolute Gasteiger partial charge is 0.153 e. The summed E-state index contributed by atoms with van der Waals surface area (Å²) in [6, 6.07) is 0.410. The van der Waals surface area contributed by atoms with Crippen molar-refractivity contribution in [2.45, 2.75) is 64.1 Å². The van der Waals surface area contributed by atoms with Crippen molar-refractivity contribution < 1.29 is 8.42 Å². The molecule has 2 atom stereocenters. The minimum atomic E-state index is -2.92. The van der Waals surface area contributed by atoms with Crippen molar-refractivity contribution in [1.82, 2.24) is 4.90 Å². The molecule has 0 aromatic carbocycles. The van der Waals surface area contributed by atoms with E-state index >= 15 is 0 Å². The fourth-order valence-electron chi connectivity index (χ4n) is 3.46. The van der Waals surface area contributed by atoms with Crippen LogP contribution in [0.2, 0.25) is 0 Å². The van der Waals surface area contributed by atoms with Gasteiger partial charge >= 0.3 is 0 Å². The minimum absolute atomic E-state index is 0.0480. The monoisotopic (exact) mass is 288 g/mol. The first kappa shape index (κ1) is 15.3. The van der Waals surface area contributed by atoms with E-state index in [1.807, 2.05) is 0 Å². The van der Waals surface area contributed by atoms with Crippen molar-refractivity contribution in [3.63, 3.8) is 0 Å². The summed E-state index contributed by atoms with van der Waals surface area (Å²) in [4.78, 5) is 2.43. The molecule has 1 saturated carbocycles. The minimum Gasteiger partial charge on any atom is -0.325 e. The van der Waals surface area contributed by atoms with E-state index in [4.69, 9.17) is 5.73 Å². The van der Waals surface area contributed by atoms with Gasteiger partial charge in [-0.05, 0) is 31.7 Å². The summed E-state index contributed by atoms with van der Waals surface area (Å²) in [5.74, 6) is 1.09. The first-order valence-electron chi connectivity index (χ1n) is 7.61. The molecule has 2 rings (SSSR count). The number of rotatable bonds is 5. The molecule has 5 heteroatoms. The zero-order valence-corrected chi connectivity index (χ0v) is 13.0. The molecule has 0 bridgehead atoms. The first-order valence-corrected chi connectivity index (χ1v) is 9.43. The van der Waals surface area contributed by atoms with E-state index in [1.54, 1.807) is 0 Å². The van der Waals surface area contributed by atoms with Crippen LogP contribution in [-0.2, 0) is 9.84 Å². The third-order valence-electron chi connectivity index (χ3n) is 4.55. The van der Waals surface area contributed by atoms with Gasteiger partial charge < -0.3 is 5.73 Å². The summed E-state index contributed by atoms with van der Waals surface area (Å²) >= 11 is 0. The Balaban J connectivity index is 2.07. The van der Waals surface area contributed by atoms with Crippen LogP contribution < -0.4 is 5.73 Å². The summed E-state index contributed by atoms with van der Waals surface area (Å²) in [6.07, 6.45) is 6.09. The summed E-state index contributed by atoms with van der Waals surface area (Å²) in [6.45, 7) is 5.44. The van der Waals surface area contributed by atoms with Crippen molar-refractivity contribution in [3.8, 4) is 0 Å². The standard InChI is InChI=1S/C14H28N2O2S/c1-11(2)7-8-16(12-5-3-4-6-12)14-10-19(17,18)9-13(14)15/h11-14H,3-10,15H2,1-2H3. The van der Waals surface area contributed by atoms with Crippen LogP contribution in [0.1, 0.15) is 46.0 Å². The second-order valence-corrected chi connectivity index (χ2v) is 8.82. The van der Waals surface area contributed by atoms with Gasteiger partial charge in [-0.25, -0.2) is 8.42 Å². The molecule has 1 heterocycles. The second-order valence-electron chi connectivity index (χ2n) is 6.67. The van der Waals surface area contributed by atoms with Gasteiger partial charge in [0.1, 0.15) is 0 Å². The van der Waals surface area contributed by atoms with Gasteiger partial charge in [0.2, 0.25) is 0 Å². The van der Waals surface area contributed by atoms with Crippen molar-refractivity contribution in [3.05, 3.63) is 0 Å². The normalized spacial score (nSPS) is 31.6. The van der Waals surface area contributed by atoms with Crippen LogP contribution in [0.25, 0.3) is 0 Å². The average molecular weight is 288 g/mol. The van der Waals surface area contributed by atoms with Crippen molar-refractivity contribution >= 4 is 9.84 Å². The Morgan fingerprint density at radius 1 is 1.21 bits per heavy atom. The summed E-state index contributed by atoms with van der Waals surface area (Å²) in [5, 5.41) is 0. The van der Waals surface area contributed by atoms with Gasteiger partial charge in [0.25, 0.3) is 0 Å². The molecule has 2 N–H and O–H groups in total. The first-order chi connectivity index (χ1) is 8.89. The highest BCUT2D eigenvalue weighted by Crippen LogP contribution is 2.29. The van der Waals surface area contributed by atoms with E-state index in [1.165, 1.54) is 25.7 Å². The van der Waals surface area contributed by atoms with Crippen LogP contribution in [0.5, 0.6) is 0 Å². The second kappa shape index (κ2) is 6.10. The summed E-state index contributed by atoms with van der Waals surface area (Å²) < 4.78 is 23.6. The summed E-state index contributed by atoms with van der Waals surface area (Å²) in [5.41, 5.74) is 6.11. The zero-order chi connectivity index (χ0) is 14.0. The lowest BCUT2D eigenvalue weighted by Crippen LogP contribution is -2.51. The molecule has 4 nitrogen and oxygen atoms in total. The Hall–Kier alpha value is -0.130. The molecule has 112 valence electrons. The fraction of sp³-hybridized carbons (Fsp3) is 1.00. The Bertz CT molecular complexity index is 388. The zero-order valence-electron chi connectivity index (χ0n) is 12.2. The molecule has 0 radical (unpaired) electrons. The third kappa shape index (κ3) is 3.92. The third-order valence-corrected chi connectivity index (χ3v) is 6.29. The predicted octanol–water partition coefficient (Wildman–Crippen LogP) is 1.40. The van der Waals surface area contributed by atoms with E-state index in [9.17, 15) is 8.42 Å². The van der Waals surface area contributed by atoms with Gasteiger partial charge in [0.05, 0.1) is 11.5 Å². The maximum absolute atomic E-state index is 11.8. The van der Waals surface area contributed by atoms with Gasteiger partial charge in [-0.15, -0.1) is 0 Å². The number of nitrogens with zero attached hydrogens (tertiary/aromatic N) is 1. The highest BCUT2D eigenvalue weighted by atomic mass is 32.2. The largest absolute Gasteiger partial charge is 0.325 e. The molecule has 2 aliphatic rings. The van der Waals surface area contributed by atoms with Crippen LogP contribution in [0.15, 0.2) is 0 Å². The Morgan fingerprint density at radius 2 is 1.84 bits per heavy atom. The van der Waals surface area contributed by atoms with Gasteiger partial charge in [-0.3, -0.25) is 4.90 Å². The average Bonchev–Trinajstić information content (AvgIpc) is 2.87. The van der Waals surface area contributed by atoms with Crippen LogP contribution in [0.4, 0.5) is 0 Å². The molecule has 2 unspecified atom stereocenters. The Morgan fingerprint density at radius 3 is 2.32 bits per heavy atom. The molecule has 2 fully saturated rings. The lowest BCUT2D eigenvalue weighted by Gasteiger charge is -2.36. The summed E-state index contributed by atoms with van der Waals surface area (Å²) in [7, 11) is -2.92. The molecule has 0 aromatic rings. The Kier molecular flexibility index (Phi) is 4.90. The SMILES string of the molecule is CC(C)CCN(C1CCCC1)C1CS(=O)(=O)CC1N. The van der Waals surface area contributed by atoms with Crippen LogP contribution in [0, 0.1) is 5.92 Å². The molecule has 1 aliphatic carbocycles. The molecule has 1 saturated heterocycles. The van der Waals surface area contributed by atoms with E-state index < -0.39 is 9.84 Å². The molecule has 0 aromatic heterocycles. The molecule has 0 amide bonds. The van der Waals surface area contributed by atoms with Gasteiger partial charge in [0.15, 0.2) is 9.84 Å². The maximum Gasteiger partial charge on any atom is 0.153 e. The molecular formula is C14H28N2O2S. The van der Waals surface area contributed by atoms with Crippen LogP contribution >= 0.6 is 0 Å². The van der Waals surface area contributed by atoms with Gasteiger partial charge in [-0.1, -0.05) is 26.7 Å². The topological polar surface area (TPSA) is 63.4 Å². The van der Waals surface area contributed by atoms with E-state index in [0.717, 1.165) is 13.0 Å². The van der Waals surface area contributed by atoms with Crippen molar-refractivity contribution in [2.24, 2.45) is 11.7 Å². The molecule has 19 heavy (non-hydrogen) atoms. The number of hydrogen-bond acceptors (Lipinski definition) is 4. The molecular weight excluding hydrogens is 260 g/mol. The number of hydrogen-bond donors (Lipinski definition) is 1. The highest BCUT2D eigenvalue weighted by Gasteiger charge is 2.41. The van der Waals surface area contributed by atoms with Gasteiger partial charge in [0, 0.05) is 18.1 Å². The van der Waals surface area contributed by atoms with Gasteiger partial charge in [-0.2, -0.15) is 0 Å². The predicted molar refractivity (Wildman–Crippen MR) is 78.8 cm³/mol. The lowest BCUT2D eigenvalue weighted by molar-refractivity contribution is 0.130. The van der Waals surface area contributed by atoms with Crippen molar-refractivity contribution in [2.75, 3.05) is 18.1 Å². The number of sulfone groups is 1. The quantitative estimate of drug-likeness (QED) is 0.830. The van der Waals surface area contributed by atoms with E-state index in [0.29, 0.717) is 12.0 Å². The Labute approximate surface area is 117 Å². The molecule has 0 spiro atoms. The van der Waals surface area contributed by atoms with E-state index in [-0.39, 0.29) is 23.6 Å². The highest BCUT2D eigenvalue weighted by molar-refractivity contribution is 7.91. The van der Waals surface area contributed by atoms with Crippen molar-refractivity contribution in [1.29, 1.82) is 0 Å². The molecule has 1 aliphatic heterocycles. The van der Waals surface area contributed by atoms with E-state index in [2.05, 4.69) is 18.7 Å². The lowest BCUT2D eigenvalue weighted by atomic mass is 10.0. The van der Waals surface area contributed by atoms with Crippen LogP contribution in [0.3, 0.4) is 0 Å². The fourth-order valence-corrected chi connectivity index (χ4v) is 5.36.